The van der Waals surface area contributed by atoms with Gasteiger partial charge in [-0.1, -0.05) is 43.4 Å². The zero-order chi connectivity index (χ0) is 14.8. The lowest BCUT2D eigenvalue weighted by Crippen LogP contribution is -2.26. The molecule has 0 aliphatic heterocycles. The highest BCUT2D eigenvalue weighted by Crippen LogP contribution is 2.05. The summed E-state index contributed by atoms with van der Waals surface area (Å²) in [5, 5.41) is 2.88. The average Bonchev–Trinajstić information content (AvgIpc) is 2.43. The first-order valence-electron chi connectivity index (χ1n) is 6.86. The molecule has 0 aliphatic rings. The molecule has 0 bridgehead atoms. The van der Waals surface area contributed by atoms with Crippen LogP contribution in [0.4, 0.5) is 0 Å². The largest absolute Gasteiger partial charge is 0.389 e. The maximum Gasteiger partial charge on any atom is 0.224 e. The molecule has 1 rings (SSSR count). The van der Waals surface area contributed by atoms with Crippen molar-refractivity contribution in [3.05, 3.63) is 35.4 Å². The Balaban J connectivity index is 2.23. The summed E-state index contributed by atoms with van der Waals surface area (Å²) in [6, 6.07) is 7.42. The molecule has 0 fully saturated rings. The zero-order valence-electron chi connectivity index (χ0n) is 11.9. The van der Waals surface area contributed by atoms with E-state index in [1.807, 2.05) is 24.3 Å². The molecule has 0 radical (unpaired) electrons. The predicted molar refractivity (Wildman–Crippen MR) is 84.8 cm³/mol. The maximum atomic E-state index is 11.7. The average molecular weight is 294 g/mol. The molecule has 0 saturated heterocycles. The lowest BCUT2D eigenvalue weighted by Gasteiger charge is -2.06. The lowest BCUT2D eigenvalue weighted by atomic mass is 10.1. The molecule has 4 nitrogen and oxygen atoms in total. The van der Waals surface area contributed by atoms with Gasteiger partial charge in [-0.3, -0.25) is 4.79 Å². The van der Waals surface area contributed by atoms with Gasteiger partial charge >= 0.3 is 0 Å². The Hall–Kier alpha value is -1.46. The first kappa shape index (κ1) is 16.6. The standard InChI is InChI=1S/C15H22N2O2S/c1-2-9-19-10-3-8-17-14(18)11-12-4-6-13(7-5-12)15(16)20/h4-7H,2-3,8-11H2,1H3,(H2,16,20)(H,17,18). The highest BCUT2D eigenvalue weighted by molar-refractivity contribution is 7.80. The monoisotopic (exact) mass is 294 g/mol. The number of carbonyl (C=O) groups is 1. The van der Waals surface area contributed by atoms with Crippen molar-refractivity contribution in [1.29, 1.82) is 0 Å². The Labute approximate surface area is 125 Å². The van der Waals surface area contributed by atoms with Crippen LogP contribution < -0.4 is 11.1 Å². The van der Waals surface area contributed by atoms with E-state index in [1.54, 1.807) is 0 Å². The van der Waals surface area contributed by atoms with Crippen LogP contribution in [-0.2, 0) is 16.0 Å². The molecule has 0 spiro atoms. The fourth-order valence-corrected chi connectivity index (χ4v) is 1.82. The third-order valence-corrected chi connectivity index (χ3v) is 2.97. The van der Waals surface area contributed by atoms with Crippen LogP contribution in [0.2, 0.25) is 0 Å². The smallest absolute Gasteiger partial charge is 0.224 e. The second-order valence-corrected chi connectivity index (χ2v) is 4.99. The van der Waals surface area contributed by atoms with Gasteiger partial charge in [0.2, 0.25) is 5.91 Å². The summed E-state index contributed by atoms with van der Waals surface area (Å²) >= 11 is 4.88. The molecule has 0 aromatic heterocycles. The van der Waals surface area contributed by atoms with Crippen molar-refractivity contribution in [3.63, 3.8) is 0 Å². The number of hydrogen-bond acceptors (Lipinski definition) is 3. The molecule has 0 saturated carbocycles. The van der Waals surface area contributed by atoms with E-state index in [4.69, 9.17) is 22.7 Å². The van der Waals surface area contributed by atoms with Crippen LogP contribution in [0.1, 0.15) is 30.9 Å². The first-order chi connectivity index (χ1) is 9.63. The fraction of sp³-hybridized carbons (Fsp3) is 0.467. The minimum Gasteiger partial charge on any atom is -0.389 e. The number of rotatable bonds is 9. The van der Waals surface area contributed by atoms with Gasteiger partial charge in [0.1, 0.15) is 4.99 Å². The molecule has 0 aliphatic carbocycles. The van der Waals surface area contributed by atoms with Crippen molar-refractivity contribution in [1.82, 2.24) is 5.32 Å². The number of ether oxygens (including phenoxy) is 1. The number of nitrogens with two attached hydrogens (primary N) is 1. The van der Waals surface area contributed by atoms with Gasteiger partial charge in [-0.2, -0.15) is 0 Å². The SMILES string of the molecule is CCCOCCCNC(=O)Cc1ccc(C(N)=S)cc1. The van der Waals surface area contributed by atoms with Gasteiger partial charge in [-0.05, 0) is 18.4 Å². The lowest BCUT2D eigenvalue weighted by molar-refractivity contribution is -0.120. The Bertz CT molecular complexity index is 432. The molecule has 1 amide bonds. The van der Waals surface area contributed by atoms with Crippen molar-refractivity contribution in [2.75, 3.05) is 19.8 Å². The molecule has 5 heteroatoms. The zero-order valence-corrected chi connectivity index (χ0v) is 12.7. The van der Waals surface area contributed by atoms with Gasteiger partial charge in [0.15, 0.2) is 0 Å². The van der Waals surface area contributed by atoms with Gasteiger partial charge in [-0.25, -0.2) is 0 Å². The third kappa shape index (κ3) is 6.63. The Kier molecular flexibility index (Phi) is 7.84. The number of carbonyl (C=O) groups excluding carboxylic acids is 1. The van der Waals surface area contributed by atoms with Gasteiger partial charge in [-0.15, -0.1) is 0 Å². The van der Waals surface area contributed by atoms with Gasteiger partial charge in [0.25, 0.3) is 0 Å². The van der Waals surface area contributed by atoms with Crippen LogP contribution in [0.3, 0.4) is 0 Å². The minimum atomic E-state index is 0.0172. The summed E-state index contributed by atoms with van der Waals surface area (Å²) < 4.78 is 5.34. The van der Waals surface area contributed by atoms with Crippen LogP contribution in [0.25, 0.3) is 0 Å². The molecular weight excluding hydrogens is 272 g/mol. The van der Waals surface area contributed by atoms with E-state index in [9.17, 15) is 4.79 Å². The van der Waals surface area contributed by atoms with Crippen LogP contribution in [0, 0.1) is 0 Å². The number of thiocarbonyl (C=S) groups is 1. The van der Waals surface area contributed by atoms with E-state index >= 15 is 0 Å². The Morgan fingerprint density at radius 1 is 1.30 bits per heavy atom. The number of hydrogen-bond donors (Lipinski definition) is 2. The normalized spacial score (nSPS) is 10.2. The predicted octanol–water partition coefficient (Wildman–Crippen LogP) is 1.80. The molecule has 0 atom stereocenters. The third-order valence-electron chi connectivity index (χ3n) is 2.74. The van der Waals surface area contributed by atoms with E-state index in [2.05, 4.69) is 12.2 Å². The van der Waals surface area contributed by atoms with Crippen LogP contribution in [0.15, 0.2) is 24.3 Å². The minimum absolute atomic E-state index is 0.0172. The molecule has 110 valence electrons. The summed E-state index contributed by atoms with van der Waals surface area (Å²) in [7, 11) is 0. The highest BCUT2D eigenvalue weighted by atomic mass is 32.1. The summed E-state index contributed by atoms with van der Waals surface area (Å²) in [5.41, 5.74) is 7.29. The molecule has 20 heavy (non-hydrogen) atoms. The molecular formula is C15H22N2O2S. The molecule has 0 unspecified atom stereocenters. The van der Waals surface area contributed by atoms with Crippen LogP contribution in [-0.4, -0.2) is 30.7 Å². The van der Waals surface area contributed by atoms with Gasteiger partial charge in [0.05, 0.1) is 6.42 Å². The summed E-state index contributed by atoms with van der Waals surface area (Å²) in [6.45, 7) is 4.19. The van der Waals surface area contributed by atoms with Crippen molar-refractivity contribution in [2.45, 2.75) is 26.2 Å². The maximum absolute atomic E-state index is 11.7. The molecule has 3 N–H and O–H groups in total. The molecule has 1 aromatic rings. The Morgan fingerprint density at radius 2 is 2.00 bits per heavy atom. The van der Waals surface area contributed by atoms with Gasteiger partial charge in [0, 0.05) is 25.3 Å². The van der Waals surface area contributed by atoms with E-state index in [-0.39, 0.29) is 5.91 Å². The van der Waals surface area contributed by atoms with Crippen LogP contribution >= 0.6 is 12.2 Å². The summed E-state index contributed by atoms with van der Waals surface area (Å²) in [4.78, 5) is 12.1. The number of benzene rings is 1. The second-order valence-electron chi connectivity index (χ2n) is 4.55. The first-order valence-corrected chi connectivity index (χ1v) is 7.27. The van der Waals surface area contributed by atoms with Crippen molar-refractivity contribution in [2.24, 2.45) is 5.73 Å². The topological polar surface area (TPSA) is 64.3 Å². The van der Waals surface area contributed by atoms with E-state index in [1.165, 1.54) is 0 Å². The van der Waals surface area contributed by atoms with Crippen molar-refractivity contribution < 1.29 is 9.53 Å². The van der Waals surface area contributed by atoms with E-state index in [0.29, 0.717) is 24.6 Å². The van der Waals surface area contributed by atoms with Crippen molar-refractivity contribution >= 4 is 23.1 Å². The fourth-order valence-electron chi connectivity index (χ4n) is 1.68. The highest BCUT2D eigenvalue weighted by Gasteiger charge is 2.03. The number of nitrogens with one attached hydrogen (secondary N) is 1. The second kappa shape index (κ2) is 9.44. The number of amides is 1. The van der Waals surface area contributed by atoms with Gasteiger partial charge < -0.3 is 15.8 Å². The molecule has 0 heterocycles. The van der Waals surface area contributed by atoms with E-state index < -0.39 is 0 Å². The molecule has 1 aromatic carbocycles. The summed E-state index contributed by atoms with van der Waals surface area (Å²) in [6.07, 6.45) is 2.23. The Morgan fingerprint density at radius 3 is 2.60 bits per heavy atom. The van der Waals surface area contributed by atoms with Crippen LogP contribution in [0.5, 0.6) is 0 Å². The summed E-state index contributed by atoms with van der Waals surface area (Å²) in [5.74, 6) is 0.0172. The van der Waals surface area contributed by atoms with E-state index in [0.717, 1.165) is 30.6 Å². The quantitative estimate of drug-likeness (QED) is 0.538. The van der Waals surface area contributed by atoms with Crippen molar-refractivity contribution in [3.8, 4) is 0 Å².